The van der Waals surface area contributed by atoms with Crippen molar-refractivity contribution >= 4 is 29.8 Å². The van der Waals surface area contributed by atoms with Crippen molar-refractivity contribution in [1.29, 1.82) is 0 Å². The minimum Gasteiger partial charge on any atom is -0.463 e. The molecule has 2 aliphatic rings. The van der Waals surface area contributed by atoms with Crippen LogP contribution in [-0.2, 0) is 57.1 Å². The van der Waals surface area contributed by atoms with Gasteiger partial charge in [0.1, 0.15) is 12.7 Å². The lowest BCUT2D eigenvalue weighted by Gasteiger charge is -2.46. The minimum absolute atomic E-state index is 0.213. The molecule has 0 N–H and O–H groups in total. The van der Waals surface area contributed by atoms with Crippen LogP contribution in [0.25, 0.3) is 0 Å². The zero-order chi connectivity index (χ0) is 31.1. The Kier molecular flexibility index (Phi) is 12.3. The summed E-state index contributed by atoms with van der Waals surface area (Å²) < 4.78 is 39.4. The van der Waals surface area contributed by atoms with Gasteiger partial charge in [-0.3, -0.25) is 24.0 Å². The van der Waals surface area contributed by atoms with E-state index in [1.165, 1.54) is 40.2 Å². The third-order valence-electron chi connectivity index (χ3n) is 7.05. The Balaban J connectivity index is 2.36. The van der Waals surface area contributed by atoms with Crippen LogP contribution in [0, 0.1) is 5.41 Å². The summed E-state index contributed by atoms with van der Waals surface area (Å²) in [5.41, 5.74) is 2.09. The molecule has 1 fully saturated rings. The molecule has 1 aliphatic heterocycles. The van der Waals surface area contributed by atoms with E-state index < -0.39 is 54.6 Å². The summed E-state index contributed by atoms with van der Waals surface area (Å²) >= 11 is 0. The lowest BCUT2D eigenvalue weighted by Crippen LogP contribution is -2.63. The number of hydrogen-bond donors (Lipinski definition) is 0. The van der Waals surface area contributed by atoms with Crippen LogP contribution < -0.4 is 0 Å². The Bertz CT molecular complexity index is 1020. The first-order valence-electron chi connectivity index (χ1n) is 13.8. The molecule has 12 nitrogen and oxygen atoms in total. The molecule has 0 aromatic rings. The predicted molar refractivity (Wildman–Crippen MR) is 143 cm³/mol. The van der Waals surface area contributed by atoms with Crippen molar-refractivity contribution in [3.63, 3.8) is 0 Å². The summed E-state index contributed by atoms with van der Waals surface area (Å²) in [4.78, 5) is 59.0. The van der Waals surface area contributed by atoms with Gasteiger partial charge in [0.05, 0.1) is 12.2 Å². The lowest BCUT2D eigenvalue weighted by molar-refractivity contribution is -0.318. The van der Waals surface area contributed by atoms with Crippen LogP contribution in [0.1, 0.15) is 88.0 Å². The maximum Gasteiger partial charge on any atom is 0.303 e. The molecule has 1 aliphatic carbocycles. The van der Waals surface area contributed by atoms with Gasteiger partial charge in [-0.05, 0) is 44.9 Å². The molecule has 12 heteroatoms. The highest BCUT2D eigenvalue weighted by molar-refractivity contribution is 5.68. The maximum absolute atomic E-state index is 12.1. The van der Waals surface area contributed by atoms with Crippen molar-refractivity contribution < 1.29 is 57.1 Å². The summed E-state index contributed by atoms with van der Waals surface area (Å²) in [6, 6.07) is 0. The van der Waals surface area contributed by atoms with Crippen molar-refractivity contribution in [2.24, 2.45) is 5.41 Å². The molecule has 0 amide bonds. The fourth-order valence-electron chi connectivity index (χ4n) is 5.63. The first-order valence-corrected chi connectivity index (χ1v) is 13.8. The quantitative estimate of drug-likeness (QED) is 0.199. The van der Waals surface area contributed by atoms with Crippen LogP contribution in [0.4, 0.5) is 0 Å². The number of carbonyl (C=O) groups excluding carboxylic acids is 5. The van der Waals surface area contributed by atoms with E-state index in [1.54, 1.807) is 0 Å². The summed E-state index contributed by atoms with van der Waals surface area (Å²) in [7, 11) is 0. The normalized spacial score (nSPS) is 28.2. The van der Waals surface area contributed by atoms with Crippen LogP contribution in [0.5, 0.6) is 0 Å². The van der Waals surface area contributed by atoms with Crippen LogP contribution in [0.3, 0.4) is 0 Å². The summed E-state index contributed by atoms with van der Waals surface area (Å²) in [5.74, 6) is -3.00. The van der Waals surface area contributed by atoms with Crippen molar-refractivity contribution in [1.82, 2.24) is 0 Å². The highest BCUT2D eigenvalue weighted by Crippen LogP contribution is 2.44. The third kappa shape index (κ3) is 10.4. The van der Waals surface area contributed by atoms with Gasteiger partial charge in [-0.2, -0.15) is 0 Å². The Labute approximate surface area is 241 Å². The standard InChI is InChI=1S/C29H44O12/c1-15-12-22(13-29(8,9)23(15)11-10-16(2)36-18(4)31)40-28-27(39-21(7)34)26(38-20(6)33)25(37-19(5)32)24(41-28)14-35-17(3)30/h16,22,24-28H,10-14H2,1-9H3/t16-,22-,24-,25-,26+,27-,28-/m1/s1. The lowest BCUT2D eigenvalue weighted by atomic mass is 9.70. The zero-order valence-electron chi connectivity index (χ0n) is 25.5. The summed E-state index contributed by atoms with van der Waals surface area (Å²) in [6.07, 6.45) is -4.11. The van der Waals surface area contributed by atoms with Gasteiger partial charge < -0.3 is 33.2 Å². The van der Waals surface area contributed by atoms with Gasteiger partial charge in [-0.1, -0.05) is 25.0 Å². The van der Waals surface area contributed by atoms with E-state index in [0.717, 1.165) is 12.0 Å². The minimum atomic E-state index is -1.29. The SMILES string of the molecule is CC(=O)OC[C@H]1O[C@@H](O[C@@H]2CC(C)=C(CC[C@@H](C)OC(C)=O)C(C)(C)C2)[C@H](OC(C)=O)[C@@H](OC(C)=O)[C@@H]1OC(C)=O. The number of hydrogen-bond acceptors (Lipinski definition) is 12. The Morgan fingerprint density at radius 1 is 0.854 bits per heavy atom. The molecule has 0 spiro atoms. The van der Waals surface area contributed by atoms with Crippen LogP contribution >= 0.6 is 0 Å². The molecule has 1 heterocycles. The second-order valence-corrected chi connectivity index (χ2v) is 11.3. The number of esters is 5. The van der Waals surface area contributed by atoms with E-state index in [-0.39, 0.29) is 30.2 Å². The zero-order valence-corrected chi connectivity index (χ0v) is 25.5. The smallest absolute Gasteiger partial charge is 0.303 e. The average Bonchev–Trinajstić information content (AvgIpc) is 2.79. The topological polar surface area (TPSA) is 150 Å². The molecule has 232 valence electrons. The molecular weight excluding hydrogens is 540 g/mol. The Morgan fingerprint density at radius 3 is 1.93 bits per heavy atom. The van der Waals surface area contributed by atoms with Crippen molar-refractivity contribution in [3.8, 4) is 0 Å². The van der Waals surface area contributed by atoms with E-state index >= 15 is 0 Å². The molecule has 1 saturated heterocycles. The van der Waals surface area contributed by atoms with Gasteiger partial charge in [0.25, 0.3) is 0 Å². The molecule has 0 aromatic carbocycles. The highest BCUT2D eigenvalue weighted by Gasteiger charge is 2.53. The van der Waals surface area contributed by atoms with Crippen molar-refractivity contribution in [2.75, 3.05) is 6.61 Å². The summed E-state index contributed by atoms with van der Waals surface area (Å²) in [6.45, 7) is 13.9. The fourth-order valence-corrected chi connectivity index (χ4v) is 5.63. The highest BCUT2D eigenvalue weighted by atomic mass is 16.7. The second-order valence-electron chi connectivity index (χ2n) is 11.3. The molecule has 41 heavy (non-hydrogen) atoms. The van der Waals surface area contributed by atoms with Gasteiger partial charge >= 0.3 is 29.8 Å². The monoisotopic (exact) mass is 584 g/mol. The predicted octanol–water partition coefficient (Wildman–Crippen LogP) is 3.32. The van der Waals surface area contributed by atoms with Crippen LogP contribution in [0.2, 0.25) is 0 Å². The molecule has 7 atom stereocenters. The Morgan fingerprint density at radius 2 is 1.41 bits per heavy atom. The molecule has 2 rings (SSSR count). The third-order valence-corrected chi connectivity index (χ3v) is 7.05. The number of allylic oxidation sites excluding steroid dienone is 1. The first kappa shape index (κ1) is 34.2. The van der Waals surface area contributed by atoms with Gasteiger partial charge in [-0.15, -0.1) is 0 Å². The van der Waals surface area contributed by atoms with Gasteiger partial charge in [-0.25, -0.2) is 0 Å². The summed E-state index contributed by atoms with van der Waals surface area (Å²) in [5, 5.41) is 0. The van der Waals surface area contributed by atoms with Gasteiger partial charge in [0, 0.05) is 34.6 Å². The van der Waals surface area contributed by atoms with Gasteiger partial charge in [0.2, 0.25) is 0 Å². The molecule has 0 radical (unpaired) electrons. The van der Waals surface area contributed by atoms with E-state index in [2.05, 4.69) is 13.8 Å². The Hall–Kier alpha value is -2.99. The fraction of sp³-hybridized carbons (Fsp3) is 0.759. The molecule has 0 aromatic heterocycles. The number of ether oxygens (including phenoxy) is 7. The molecule has 0 unspecified atom stereocenters. The maximum atomic E-state index is 12.1. The van der Waals surface area contributed by atoms with E-state index in [4.69, 9.17) is 33.2 Å². The number of carbonyl (C=O) groups is 5. The molecular formula is C29H44O12. The van der Waals surface area contributed by atoms with E-state index in [0.29, 0.717) is 19.3 Å². The van der Waals surface area contributed by atoms with Crippen molar-refractivity contribution in [2.45, 2.75) is 131 Å². The first-order chi connectivity index (χ1) is 19.0. The second kappa shape index (κ2) is 14.8. The van der Waals surface area contributed by atoms with Crippen molar-refractivity contribution in [3.05, 3.63) is 11.1 Å². The van der Waals surface area contributed by atoms with Crippen LogP contribution in [0.15, 0.2) is 11.1 Å². The number of rotatable bonds is 11. The molecule has 0 bridgehead atoms. The van der Waals surface area contributed by atoms with Crippen LogP contribution in [-0.4, -0.2) is 79.4 Å². The largest absolute Gasteiger partial charge is 0.463 e. The van der Waals surface area contributed by atoms with E-state index in [1.807, 2.05) is 13.8 Å². The average molecular weight is 585 g/mol. The van der Waals surface area contributed by atoms with Gasteiger partial charge in [0.15, 0.2) is 24.6 Å². The molecule has 0 saturated carbocycles. The van der Waals surface area contributed by atoms with E-state index in [9.17, 15) is 24.0 Å².